The van der Waals surface area contributed by atoms with E-state index in [0.717, 1.165) is 66.6 Å². The molecule has 0 saturated heterocycles. The maximum absolute atomic E-state index is 13.8. The van der Waals surface area contributed by atoms with Crippen LogP contribution < -0.4 is 99.6 Å². The van der Waals surface area contributed by atoms with E-state index in [1.54, 1.807) is 17.2 Å². The number of aliphatic imine (C=N–C) groups is 4. The van der Waals surface area contributed by atoms with Gasteiger partial charge >= 0.3 is 518 Å². The average molecular weight is 1210 g/mol. The molecule has 0 aliphatic carbocycles. The van der Waals surface area contributed by atoms with Gasteiger partial charge in [-0.15, -0.1) is 0 Å². The molecule has 8 aromatic carbocycles. The molecular formula is C52H36InN8Na3O10S3. The standard InChI is InChI=1S/C52H32N8O6S2.In.3Na.H2O4S.3H/c1-23-33-9-5-7-11-35(33)25(3)43-41(23)50-56-46-38-20-28-14-16-32(68(62,63)64)18-30(28)22-40(38)48(54-46)58-52-44-26(4)36-12-8-6-10-34(36)24(2)42(44)49(60-52)55-45-37-19-27-13-15-31(67-66-65-61)17-29(27)21-39(37)47(53-45)57-51(43)59-50;;;;;1-5(2,3)4;;;/h5-22H,1-4H3,(H2-2,53,54,55,56,57,58,59,60,61,62,63,64);;;;;(H2,1,2,3,4);;;/q-2;+3;3*+1;;3*-1/p-1. The molecule has 2 aromatic heterocycles. The number of fused-ring (bicyclic) bond motifs is 18. The van der Waals surface area contributed by atoms with Crippen LogP contribution in [0, 0.1) is 27.7 Å². The Hall–Kier alpha value is -3.96. The molecule has 4 aliphatic rings. The van der Waals surface area contributed by atoms with Crippen LogP contribution in [0.2, 0.25) is 0 Å². The number of hydrogen-bond donors (Lipinski definition) is 3. The van der Waals surface area contributed by atoms with E-state index in [9.17, 15) is 25.9 Å². The zero-order chi connectivity index (χ0) is 50.9. The summed E-state index contributed by atoms with van der Waals surface area (Å²) in [6.07, 6.45) is 0. The van der Waals surface area contributed by atoms with Crippen LogP contribution in [-0.4, -0.2) is 82.1 Å². The Bertz CT molecular complexity index is 4910. The molecule has 0 unspecified atom stereocenters. The Labute approximate surface area is 521 Å². The van der Waals surface area contributed by atoms with Crippen LogP contribution >= 0.6 is 12.0 Å². The molecule has 0 spiro atoms. The van der Waals surface area contributed by atoms with Crippen molar-refractivity contribution in [2.75, 3.05) is 0 Å². The summed E-state index contributed by atoms with van der Waals surface area (Å²) < 4.78 is 88.4. The van der Waals surface area contributed by atoms with Gasteiger partial charge in [-0.3, -0.25) is 0 Å². The molecule has 4 aliphatic heterocycles. The molecule has 0 radical (unpaired) electrons. The van der Waals surface area contributed by atoms with E-state index in [1.807, 2.05) is 113 Å². The number of nitrogens with zero attached hydrogens (tertiary/aromatic N) is 8. The van der Waals surface area contributed by atoms with Crippen LogP contribution in [0.5, 0.6) is 0 Å². The number of amidine groups is 4. The third-order valence-electron chi connectivity index (χ3n) is 14.5. The average Bonchev–Trinajstić information content (AvgIpc) is 4.22. The molecule has 14 rings (SSSR count). The summed E-state index contributed by atoms with van der Waals surface area (Å²) in [6, 6.07) is 33.2. The van der Waals surface area contributed by atoms with Crippen LogP contribution in [-0.2, 0) is 32.2 Å². The van der Waals surface area contributed by atoms with E-state index in [-0.39, 0.29) is 144 Å². The van der Waals surface area contributed by atoms with E-state index in [1.165, 1.54) is 12.1 Å². The summed E-state index contributed by atoms with van der Waals surface area (Å²) in [5, 5.41) is 21.6. The Morgan fingerprint density at radius 2 is 0.922 bits per heavy atom. The minimum Gasteiger partial charge on any atom is -1.00 e. The van der Waals surface area contributed by atoms with Gasteiger partial charge in [0.25, 0.3) is 0 Å². The van der Waals surface area contributed by atoms with Gasteiger partial charge in [-0.05, 0) is 0 Å². The van der Waals surface area contributed by atoms with Crippen molar-refractivity contribution < 1.29 is 136 Å². The summed E-state index contributed by atoms with van der Waals surface area (Å²) in [7, 11) is -9.87. The summed E-state index contributed by atoms with van der Waals surface area (Å²) in [6.45, 7) is 7.90. The molecule has 25 heteroatoms. The maximum atomic E-state index is 13.8. The molecule has 6 heterocycles. The van der Waals surface area contributed by atoms with Gasteiger partial charge in [0.05, 0.1) is 0 Å². The van der Waals surface area contributed by atoms with E-state index in [4.69, 9.17) is 41.8 Å². The number of aryl methyl sites for hydroxylation is 4. The number of aromatic nitrogens is 2. The predicted molar refractivity (Wildman–Crippen MR) is 287 cm³/mol. The zero-order valence-corrected chi connectivity index (χ0v) is 53.7. The van der Waals surface area contributed by atoms with Gasteiger partial charge in [-0.1, -0.05) is 0 Å². The monoisotopic (exact) mass is 1210 g/mol. The van der Waals surface area contributed by atoms with Gasteiger partial charge in [-0.25, -0.2) is 5.26 Å². The minimum absolute atomic E-state index is 0. The Balaban J connectivity index is 0.00000140. The van der Waals surface area contributed by atoms with Gasteiger partial charge in [0.2, 0.25) is 0 Å². The van der Waals surface area contributed by atoms with E-state index >= 15 is 0 Å². The van der Waals surface area contributed by atoms with Crippen molar-refractivity contribution in [3.05, 3.63) is 165 Å². The van der Waals surface area contributed by atoms with Crippen molar-refractivity contribution in [2.24, 2.45) is 30.0 Å². The molecule has 0 fully saturated rings. The summed E-state index contributed by atoms with van der Waals surface area (Å²) in [5.74, 6) is 1.42. The van der Waals surface area contributed by atoms with E-state index in [2.05, 4.69) is 5.04 Å². The van der Waals surface area contributed by atoms with Gasteiger partial charge < -0.3 is 4.28 Å². The molecule has 18 nitrogen and oxygen atoms in total. The normalized spacial score (nSPS) is 14.2. The molecule has 3 N–H and O–H groups in total. The van der Waals surface area contributed by atoms with Gasteiger partial charge in [-0.2, -0.15) is 0 Å². The first kappa shape index (κ1) is 55.0. The third kappa shape index (κ3) is 8.57. The van der Waals surface area contributed by atoms with Crippen LogP contribution in [0.15, 0.2) is 149 Å². The second-order valence-electron chi connectivity index (χ2n) is 18.5. The summed E-state index contributed by atoms with van der Waals surface area (Å²) >= 11 is -4.53. The maximum Gasteiger partial charge on any atom is 1.00 e. The fourth-order valence-corrected chi connectivity index (χ4v) is 21.1. The fraction of sp³-hybridized carbons (Fsp3) is 0.0769. The summed E-state index contributed by atoms with van der Waals surface area (Å²) in [5.41, 5.74) is 5.99. The number of benzene rings is 8. The largest absolute Gasteiger partial charge is 1.00 e. The smallest absolute Gasteiger partial charge is 1.00 e. The molecule has 6 bridgehead atoms. The van der Waals surface area contributed by atoms with Crippen molar-refractivity contribution >= 4 is 155 Å². The van der Waals surface area contributed by atoms with Gasteiger partial charge in [0, 0.05) is 0 Å². The first-order valence-corrected chi connectivity index (χ1v) is 30.7. The molecule has 77 heavy (non-hydrogen) atoms. The van der Waals surface area contributed by atoms with Crippen molar-refractivity contribution in [3.63, 3.8) is 0 Å². The Kier molecular flexibility index (Phi) is 14.2. The predicted octanol–water partition coefficient (Wildman–Crippen LogP) is 0.611. The number of rotatable bonds is 6. The molecule has 368 valence electrons. The molecule has 0 saturated carbocycles. The molecule has 10 aromatic rings. The van der Waals surface area contributed by atoms with Crippen LogP contribution in [0.1, 0.15) is 48.8 Å². The van der Waals surface area contributed by atoms with E-state index in [0.29, 0.717) is 59.5 Å². The minimum atomic E-state index is -5.35. The fourth-order valence-electron chi connectivity index (χ4n) is 11.3. The first-order chi connectivity index (χ1) is 35.5. The van der Waals surface area contributed by atoms with Crippen LogP contribution in [0.4, 0.5) is 11.6 Å². The zero-order valence-electron chi connectivity index (χ0n) is 45.0. The third-order valence-corrected chi connectivity index (χ3v) is 25.2. The van der Waals surface area contributed by atoms with Crippen LogP contribution in [0.3, 0.4) is 0 Å². The molecule has 0 atom stereocenters. The van der Waals surface area contributed by atoms with Crippen molar-refractivity contribution in [3.8, 4) is 0 Å². The van der Waals surface area contributed by atoms with Crippen LogP contribution in [0.25, 0.3) is 64.6 Å². The Morgan fingerprint density at radius 3 is 1.36 bits per heavy atom. The quantitative estimate of drug-likeness (QED) is 0.0686. The van der Waals surface area contributed by atoms with Gasteiger partial charge in [0.15, 0.2) is 0 Å². The number of hydrogen-bond acceptors (Lipinski definition) is 15. The van der Waals surface area contributed by atoms with Crippen molar-refractivity contribution in [2.45, 2.75) is 37.5 Å². The Morgan fingerprint density at radius 1 is 0.506 bits per heavy atom. The molecule has 0 amide bonds. The summed E-state index contributed by atoms with van der Waals surface area (Å²) in [4.78, 5) is 32.6. The SMILES string of the molecule is Cc1c2ccccc2c(C)c2c3[n]4c(c12)N=C1N=C(N=c2c5c(C)c6ccccc6c(C)c5c([n]2[In]4[O]S(=O)(=O)O)=NC2=NC(=N3)c3cc4cc(S(=O)(=O)O)ccc4cc32)c2cc3cc(SOOO)ccc3cc21.[H-].[H-].[H-].[Na+].[Na+].[Na+]. The van der Waals surface area contributed by atoms with Crippen molar-refractivity contribution in [1.29, 1.82) is 0 Å². The second kappa shape index (κ2) is 19.9. The van der Waals surface area contributed by atoms with Gasteiger partial charge in [0.1, 0.15) is 0 Å². The topological polar surface area (TPSA) is 241 Å². The molecular weight excluding hydrogens is 1180 g/mol. The first-order valence-electron chi connectivity index (χ1n) is 22.9. The van der Waals surface area contributed by atoms with E-state index < -0.39 is 43.0 Å². The van der Waals surface area contributed by atoms with Crippen molar-refractivity contribution in [1.82, 2.24) is 5.11 Å². The second-order valence-corrected chi connectivity index (χ2v) is 28.2.